The molecule has 1 N–H and O–H groups in total. The average molecular weight is 404 g/mol. The summed E-state index contributed by atoms with van der Waals surface area (Å²) in [6.07, 6.45) is 0.234. The number of amides is 1. The van der Waals surface area contributed by atoms with Crippen molar-refractivity contribution >= 4 is 34.1 Å². The van der Waals surface area contributed by atoms with Crippen molar-refractivity contribution in [3.63, 3.8) is 0 Å². The van der Waals surface area contributed by atoms with Gasteiger partial charge in [0.15, 0.2) is 0 Å². The number of fused-ring (bicyclic) bond motifs is 1. The molecule has 0 aliphatic rings. The van der Waals surface area contributed by atoms with Gasteiger partial charge in [-0.2, -0.15) is 0 Å². The molecule has 0 aliphatic carbocycles. The molecule has 6 heteroatoms. The van der Waals surface area contributed by atoms with Crippen LogP contribution in [-0.2, 0) is 11.2 Å². The summed E-state index contributed by atoms with van der Waals surface area (Å²) in [7, 11) is 0. The van der Waals surface area contributed by atoms with E-state index >= 15 is 0 Å². The molecule has 0 saturated carbocycles. The maximum atomic E-state index is 13.0. The van der Waals surface area contributed by atoms with E-state index in [4.69, 9.17) is 11.6 Å². The smallest absolute Gasteiger partial charge is 0.265 e. The van der Waals surface area contributed by atoms with E-state index in [1.54, 1.807) is 47.9 Å². The number of para-hydroxylation sites is 1. The fourth-order valence-corrected chi connectivity index (χ4v) is 3.39. The van der Waals surface area contributed by atoms with Gasteiger partial charge >= 0.3 is 0 Å². The summed E-state index contributed by atoms with van der Waals surface area (Å²) in [4.78, 5) is 29.9. The molecule has 144 valence electrons. The predicted molar refractivity (Wildman–Crippen MR) is 116 cm³/mol. The van der Waals surface area contributed by atoms with Crippen molar-refractivity contribution in [1.29, 1.82) is 0 Å². The number of nitrogens with one attached hydrogen (secondary N) is 1. The number of rotatable bonds is 4. The molecule has 0 fully saturated rings. The standard InChI is InChI=1S/C23H18ClN3O2/c1-15-25-21-8-3-2-7-20(21)23(29)27(15)19-6-4-5-18(14-19)26-22(28)13-16-9-11-17(24)12-10-16/h2-12,14H,13H2,1H3,(H,26,28). The third kappa shape index (κ3) is 4.05. The van der Waals surface area contributed by atoms with E-state index in [-0.39, 0.29) is 17.9 Å². The minimum atomic E-state index is -0.148. The number of aromatic nitrogens is 2. The van der Waals surface area contributed by atoms with Crippen molar-refractivity contribution < 1.29 is 4.79 Å². The fraction of sp³-hybridized carbons (Fsp3) is 0.0870. The maximum absolute atomic E-state index is 13.0. The first-order valence-electron chi connectivity index (χ1n) is 9.14. The molecule has 0 atom stereocenters. The Hall–Kier alpha value is -3.44. The quantitative estimate of drug-likeness (QED) is 0.544. The highest BCUT2D eigenvalue weighted by Crippen LogP contribution is 2.17. The van der Waals surface area contributed by atoms with Crippen molar-refractivity contribution in [3.05, 3.63) is 99.6 Å². The van der Waals surface area contributed by atoms with Crippen LogP contribution in [0.3, 0.4) is 0 Å². The lowest BCUT2D eigenvalue weighted by Gasteiger charge is -2.12. The normalized spacial score (nSPS) is 10.8. The molecule has 0 unspecified atom stereocenters. The molecule has 0 spiro atoms. The topological polar surface area (TPSA) is 64.0 Å². The summed E-state index contributed by atoms with van der Waals surface area (Å²) in [5, 5.41) is 4.07. The monoisotopic (exact) mass is 403 g/mol. The Morgan fingerprint density at radius 1 is 1.03 bits per heavy atom. The van der Waals surface area contributed by atoms with Gasteiger partial charge in [0.1, 0.15) is 5.82 Å². The molecule has 0 bridgehead atoms. The Morgan fingerprint density at radius 3 is 2.59 bits per heavy atom. The molecule has 5 nitrogen and oxygen atoms in total. The third-order valence-corrected chi connectivity index (χ3v) is 4.86. The maximum Gasteiger partial charge on any atom is 0.265 e. The fourth-order valence-electron chi connectivity index (χ4n) is 3.26. The summed E-state index contributed by atoms with van der Waals surface area (Å²) in [5.74, 6) is 0.434. The highest BCUT2D eigenvalue weighted by molar-refractivity contribution is 6.30. The van der Waals surface area contributed by atoms with Gasteiger partial charge in [0.25, 0.3) is 5.56 Å². The van der Waals surface area contributed by atoms with Gasteiger partial charge in [-0.25, -0.2) is 4.98 Å². The SMILES string of the molecule is Cc1nc2ccccc2c(=O)n1-c1cccc(NC(=O)Cc2ccc(Cl)cc2)c1. The zero-order valence-electron chi connectivity index (χ0n) is 15.7. The summed E-state index contributed by atoms with van der Waals surface area (Å²) in [6.45, 7) is 1.79. The first kappa shape index (κ1) is 18.9. The lowest BCUT2D eigenvalue weighted by molar-refractivity contribution is -0.115. The molecule has 0 radical (unpaired) electrons. The minimum Gasteiger partial charge on any atom is -0.326 e. The largest absolute Gasteiger partial charge is 0.326 e. The second-order valence-corrected chi connectivity index (χ2v) is 7.15. The number of hydrogen-bond acceptors (Lipinski definition) is 3. The van der Waals surface area contributed by atoms with E-state index in [1.165, 1.54) is 0 Å². The van der Waals surface area contributed by atoms with Crippen molar-refractivity contribution in [3.8, 4) is 5.69 Å². The van der Waals surface area contributed by atoms with Crippen molar-refractivity contribution in [1.82, 2.24) is 9.55 Å². The van der Waals surface area contributed by atoms with Gasteiger partial charge in [-0.3, -0.25) is 14.2 Å². The Labute approximate surface area is 172 Å². The highest BCUT2D eigenvalue weighted by atomic mass is 35.5. The first-order chi connectivity index (χ1) is 14.0. The van der Waals surface area contributed by atoms with E-state index < -0.39 is 0 Å². The number of halogens is 1. The lowest BCUT2D eigenvalue weighted by Crippen LogP contribution is -2.22. The zero-order chi connectivity index (χ0) is 20.4. The van der Waals surface area contributed by atoms with E-state index in [2.05, 4.69) is 10.3 Å². The summed E-state index contributed by atoms with van der Waals surface area (Å²) < 4.78 is 1.55. The van der Waals surface area contributed by atoms with Gasteiger partial charge in [-0.05, 0) is 55.0 Å². The van der Waals surface area contributed by atoms with Crippen LogP contribution in [-0.4, -0.2) is 15.5 Å². The molecule has 1 amide bonds. The summed E-state index contributed by atoms with van der Waals surface area (Å²) >= 11 is 5.88. The molecule has 0 aliphatic heterocycles. The van der Waals surface area contributed by atoms with E-state index in [9.17, 15) is 9.59 Å². The minimum absolute atomic E-state index is 0.141. The van der Waals surface area contributed by atoms with Gasteiger partial charge in [0, 0.05) is 10.7 Å². The van der Waals surface area contributed by atoms with Crippen molar-refractivity contribution in [2.24, 2.45) is 0 Å². The average Bonchev–Trinajstić information content (AvgIpc) is 2.70. The second-order valence-electron chi connectivity index (χ2n) is 6.72. The molecule has 3 aromatic carbocycles. The Balaban J connectivity index is 1.62. The van der Waals surface area contributed by atoms with Gasteiger partial charge in [-0.1, -0.05) is 41.9 Å². The van der Waals surface area contributed by atoms with Gasteiger partial charge in [-0.15, -0.1) is 0 Å². The Bertz CT molecular complexity index is 1260. The number of carbonyl (C=O) groups excluding carboxylic acids is 1. The summed E-state index contributed by atoms with van der Waals surface area (Å²) in [6, 6.07) is 21.6. The summed E-state index contributed by atoms with van der Waals surface area (Å²) in [5.41, 5.74) is 2.65. The van der Waals surface area contributed by atoms with Gasteiger partial charge in [0.2, 0.25) is 5.91 Å². The number of nitrogens with zero attached hydrogens (tertiary/aromatic N) is 2. The Morgan fingerprint density at radius 2 is 1.79 bits per heavy atom. The van der Waals surface area contributed by atoms with E-state index in [0.29, 0.717) is 33.1 Å². The molecule has 1 heterocycles. The van der Waals surface area contributed by atoms with Crippen LogP contribution in [0.2, 0.25) is 5.02 Å². The molecule has 4 rings (SSSR count). The highest BCUT2D eigenvalue weighted by Gasteiger charge is 2.11. The van der Waals surface area contributed by atoms with Crippen LogP contribution in [0.25, 0.3) is 16.6 Å². The number of carbonyl (C=O) groups is 1. The second kappa shape index (κ2) is 7.89. The van der Waals surface area contributed by atoms with Crippen molar-refractivity contribution in [2.75, 3.05) is 5.32 Å². The Kier molecular flexibility index (Phi) is 5.14. The molecule has 0 saturated heterocycles. The van der Waals surface area contributed by atoms with E-state index in [0.717, 1.165) is 5.56 Å². The lowest BCUT2D eigenvalue weighted by atomic mass is 10.1. The first-order valence-corrected chi connectivity index (χ1v) is 9.52. The molecular formula is C23H18ClN3O2. The molecule has 1 aromatic heterocycles. The van der Waals surface area contributed by atoms with Crippen LogP contribution >= 0.6 is 11.6 Å². The van der Waals surface area contributed by atoms with Crippen LogP contribution in [0.1, 0.15) is 11.4 Å². The molecule has 29 heavy (non-hydrogen) atoms. The van der Waals surface area contributed by atoms with Crippen LogP contribution in [0.15, 0.2) is 77.6 Å². The van der Waals surface area contributed by atoms with Crippen molar-refractivity contribution in [2.45, 2.75) is 13.3 Å². The van der Waals surface area contributed by atoms with Gasteiger partial charge in [0.05, 0.1) is 23.0 Å². The van der Waals surface area contributed by atoms with Crippen LogP contribution < -0.4 is 10.9 Å². The number of aryl methyl sites for hydroxylation is 1. The number of hydrogen-bond donors (Lipinski definition) is 1. The van der Waals surface area contributed by atoms with Crippen LogP contribution in [0, 0.1) is 6.92 Å². The number of anilines is 1. The number of benzene rings is 3. The van der Waals surface area contributed by atoms with Gasteiger partial charge < -0.3 is 5.32 Å². The zero-order valence-corrected chi connectivity index (χ0v) is 16.5. The predicted octanol–water partition coefficient (Wildman–Crippen LogP) is 4.53. The molecule has 4 aromatic rings. The molecular weight excluding hydrogens is 386 g/mol. The van der Waals surface area contributed by atoms with Crippen LogP contribution in [0.5, 0.6) is 0 Å². The third-order valence-electron chi connectivity index (χ3n) is 4.61. The van der Waals surface area contributed by atoms with E-state index in [1.807, 2.05) is 36.4 Å². The van der Waals surface area contributed by atoms with Crippen LogP contribution in [0.4, 0.5) is 5.69 Å².